The predicted molar refractivity (Wildman–Crippen MR) is 104 cm³/mol. The van der Waals surface area contributed by atoms with Crippen LogP contribution in [0.4, 0.5) is 5.95 Å². The lowest BCUT2D eigenvalue weighted by Crippen LogP contribution is -2.51. The van der Waals surface area contributed by atoms with Crippen LogP contribution in [0, 0.1) is 6.92 Å². The van der Waals surface area contributed by atoms with Crippen LogP contribution in [0.5, 0.6) is 5.75 Å². The summed E-state index contributed by atoms with van der Waals surface area (Å²) in [6.45, 7) is 5.54. The van der Waals surface area contributed by atoms with Gasteiger partial charge in [-0.1, -0.05) is 12.1 Å². The predicted octanol–water partition coefficient (Wildman–Crippen LogP) is 1.14. The number of nitrogens with one attached hydrogen (secondary N) is 1. The van der Waals surface area contributed by atoms with E-state index >= 15 is 0 Å². The number of anilines is 1. The van der Waals surface area contributed by atoms with E-state index in [0.717, 1.165) is 43.5 Å². The molecular weight excluding hydrogens is 344 g/mol. The van der Waals surface area contributed by atoms with Gasteiger partial charge in [-0.05, 0) is 31.7 Å². The van der Waals surface area contributed by atoms with Crippen LogP contribution in [0.2, 0.25) is 0 Å². The van der Waals surface area contributed by atoms with Gasteiger partial charge in [-0.2, -0.15) is 0 Å². The third kappa shape index (κ3) is 3.40. The van der Waals surface area contributed by atoms with Gasteiger partial charge in [0.15, 0.2) is 6.17 Å². The van der Waals surface area contributed by atoms with Crippen molar-refractivity contribution in [3.8, 4) is 5.75 Å². The third-order valence-electron chi connectivity index (χ3n) is 5.01. The van der Waals surface area contributed by atoms with E-state index in [9.17, 15) is 4.79 Å². The summed E-state index contributed by atoms with van der Waals surface area (Å²) in [5.41, 5.74) is 1.48. The monoisotopic (exact) mass is 368 g/mol. The van der Waals surface area contributed by atoms with Crippen molar-refractivity contribution in [3.63, 3.8) is 0 Å². The van der Waals surface area contributed by atoms with Crippen molar-refractivity contribution in [3.05, 3.63) is 51.9 Å². The Kier molecular flexibility index (Phi) is 4.57. The first-order valence-corrected chi connectivity index (χ1v) is 9.07. The number of guanidine groups is 1. The zero-order chi connectivity index (χ0) is 19.0. The third-order valence-corrected chi connectivity index (χ3v) is 5.01. The number of rotatable bonds is 2. The van der Waals surface area contributed by atoms with E-state index in [1.54, 1.807) is 11.7 Å². The molecule has 0 aliphatic carbocycles. The van der Waals surface area contributed by atoms with Crippen LogP contribution in [0.25, 0.3) is 0 Å². The van der Waals surface area contributed by atoms with Gasteiger partial charge >= 0.3 is 0 Å². The van der Waals surface area contributed by atoms with Gasteiger partial charge in [0.1, 0.15) is 5.75 Å². The zero-order valence-corrected chi connectivity index (χ0v) is 15.8. The number of aromatic nitrogens is 2. The lowest BCUT2D eigenvalue weighted by atomic mass is 10.1. The molecule has 0 saturated carbocycles. The van der Waals surface area contributed by atoms with Crippen LogP contribution in [-0.2, 0) is 0 Å². The highest BCUT2D eigenvalue weighted by Gasteiger charge is 2.28. The number of piperazine rings is 1. The van der Waals surface area contributed by atoms with Crippen molar-refractivity contribution in [1.82, 2.24) is 19.4 Å². The summed E-state index contributed by atoms with van der Waals surface area (Å²) < 4.78 is 6.86. The fourth-order valence-electron chi connectivity index (χ4n) is 3.41. The van der Waals surface area contributed by atoms with Crippen LogP contribution < -0.4 is 15.6 Å². The van der Waals surface area contributed by atoms with E-state index < -0.39 is 6.17 Å². The van der Waals surface area contributed by atoms with Crippen LogP contribution in [0.1, 0.15) is 17.4 Å². The van der Waals surface area contributed by atoms with Gasteiger partial charge in [0.25, 0.3) is 5.56 Å². The smallest absolute Gasteiger partial charge is 0.257 e. The first kappa shape index (κ1) is 17.5. The maximum absolute atomic E-state index is 12.7. The molecule has 0 radical (unpaired) electrons. The Morgan fingerprint density at radius 3 is 2.52 bits per heavy atom. The van der Waals surface area contributed by atoms with Gasteiger partial charge in [-0.3, -0.25) is 14.7 Å². The number of ether oxygens (including phenoxy) is 1. The highest BCUT2D eigenvalue weighted by Crippen LogP contribution is 2.27. The number of aliphatic imine (C=N–C) groups is 1. The van der Waals surface area contributed by atoms with Gasteiger partial charge in [-0.15, -0.1) is 0 Å². The van der Waals surface area contributed by atoms with Crippen molar-refractivity contribution in [1.29, 1.82) is 0 Å². The molecule has 4 rings (SSSR count). The molecule has 2 aliphatic rings. The summed E-state index contributed by atoms with van der Waals surface area (Å²) in [6.07, 6.45) is -0.456. The summed E-state index contributed by atoms with van der Waals surface area (Å²) in [5.74, 6) is 2.07. The van der Waals surface area contributed by atoms with Crippen molar-refractivity contribution in [2.24, 2.45) is 4.99 Å². The van der Waals surface area contributed by atoms with Crippen LogP contribution in [0.3, 0.4) is 0 Å². The second-order valence-electron chi connectivity index (χ2n) is 6.94. The summed E-state index contributed by atoms with van der Waals surface area (Å²) in [6, 6.07) is 9.19. The van der Waals surface area contributed by atoms with Crippen molar-refractivity contribution in [2.45, 2.75) is 13.1 Å². The van der Waals surface area contributed by atoms with Crippen molar-refractivity contribution >= 4 is 11.9 Å². The minimum absolute atomic E-state index is 0.119. The summed E-state index contributed by atoms with van der Waals surface area (Å²) in [5, 5.41) is 3.27. The zero-order valence-electron chi connectivity index (χ0n) is 15.8. The van der Waals surface area contributed by atoms with Gasteiger partial charge in [0, 0.05) is 37.9 Å². The van der Waals surface area contributed by atoms with E-state index in [-0.39, 0.29) is 5.56 Å². The maximum Gasteiger partial charge on any atom is 0.257 e. The molecule has 1 fully saturated rings. The molecule has 8 nitrogen and oxygen atoms in total. The van der Waals surface area contributed by atoms with Crippen molar-refractivity contribution in [2.75, 3.05) is 45.7 Å². The topological polar surface area (TPSA) is 75.0 Å². The molecule has 1 N–H and O–H groups in total. The Balaban J connectivity index is 1.77. The average molecular weight is 368 g/mol. The number of methoxy groups -OCH3 is 1. The lowest BCUT2D eigenvalue weighted by Gasteiger charge is -2.37. The molecule has 2 aliphatic heterocycles. The van der Waals surface area contributed by atoms with Crippen LogP contribution in [-0.4, -0.2) is 65.6 Å². The number of aryl methyl sites for hydroxylation is 1. The van der Waals surface area contributed by atoms with E-state index in [4.69, 9.17) is 9.73 Å². The van der Waals surface area contributed by atoms with Gasteiger partial charge in [0.05, 0.1) is 7.11 Å². The largest absolute Gasteiger partial charge is 0.497 e. The Morgan fingerprint density at radius 2 is 1.85 bits per heavy atom. The number of likely N-dealkylation sites (N-methyl/N-ethyl adjacent to an activating group) is 1. The van der Waals surface area contributed by atoms with E-state index in [1.165, 1.54) is 6.07 Å². The Hall–Kier alpha value is -2.87. The van der Waals surface area contributed by atoms with Gasteiger partial charge in [0.2, 0.25) is 11.9 Å². The SMILES string of the molecule is COc1ccc([C@H]2N=C(N3CCN(C)CC3)Nc3nc(C)cc(=O)n32)cc1. The first-order chi connectivity index (χ1) is 13.0. The number of hydrogen-bond acceptors (Lipinski definition) is 7. The number of benzene rings is 1. The fourth-order valence-corrected chi connectivity index (χ4v) is 3.41. The van der Waals surface area contributed by atoms with E-state index in [0.29, 0.717) is 11.6 Å². The lowest BCUT2D eigenvalue weighted by molar-refractivity contribution is 0.213. The van der Waals surface area contributed by atoms with E-state index in [1.807, 2.05) is 31.2 Å². The second kappa shape index (κ2) is 7.03. The molecule has 27 heavy (non-hydrogen) atoms. The van der Waals surface area contributed by atoms with Gasteiger partial charge in [-0.25, -0.2) is 9.98 Å². The minimum Gasteiger partial charge on any atom is -0.497 e. The quantitative estimate of drug-likeness (QED) is 0.857. The minimum atomic E-state index is -0.456. The average Bonchev–Trinajstić information content (AvgIpc) is 2.67. The molecule has 1 aromatic heterocycles. The fraction of sp³-hybridized carbons (Fsp3) is 0.421. The maximum atomic E-state index is 12.7. The molecule has 0 spiro atoms. The molecule has 1 saturated heterocycles. The van der Waals surface area contributed by atoms with Crippen LogP contribution in [0.15, 0.2) is 40.1 Å². The molecule has 2 aromatic rings. The van der Waals surface area contributed by atoms with Crippen LogP contribution >= 0.6 is 0 Å². The molecule has 142 valence electrons. The molecule has 0 amide bonds. The van der Waals surface area contributed by atoms with Crippen molar-refractivity contribution < 1.29 is 4.74 Å². The Labute approximate surface area is 158 Å². The highest BCUT2D eigenvalue weighted by atomic mass is 16.5. The molecule has 3 heterocycles. The summed E-state index contributed by atoms with van der Waals surface area (Å²) >= 11 is 0. The highest BCUT2D eigenvalue weighted by molar-refractivity contribution is 5.93. The standard InChI is InChI=1S/C19H24N6O2/c1-13-12-16(26)25-17(14-4-6-15(27-3)7-5-14)21-18(22-19(25)20-13)24-10-8-23(2)9-11-24/h4-7,12,17H,8-11H2,1-3H3,(H,20,21,22)/t17-/m0/s1. The number of hydrogen-bond donors (Lipinski definition) is 1. The molecular formula is C19H24N6O2. The van der Waals surface area contributed by atoms with E-state index in [2.05, 4.69) is 27.1 Å². The molecule has 0 unspecified atom stereocenters. The summed E-state index contributed by atoms with van der Waals surface area (Å²) in [4.78, 5) is 26.6. The first-order valence-electron chi connectivity index (χ1n) is 9.07. The Bertz CT molecular complexity index is 913. The Morgan fingerprint density at radius 1 is 1.15 bits per heavy atom. The second-order valence-corrected chi connectivity index (χ2v) is 6.94. The molecule has 0 bridgehead atoms. The number of fused-ring (bicyclic) bond motifs is 1. The normalized spacial score (nSPS) is 19.9. The number of nitrogens with zero attached hydrogens (tertiary/aromatic N) is 5. The summed E-state index contributed by atoms with van der Waals surface area (Å²) in [7, 11) is 3.75. The molecule has 1 atom stereocenters. The molecule has 8 heteroatoms. The van der Waals surface area contributed by atoms with Gasteiger partial charge < -0.3 is 14.5 Å². The molecule has 1 aromatic carbocycles.